The van der Waals surface area contributed by atoms with Crippen molar-refractivity contribution in [2.45, 2.75) is 84.8 Å². The van der Waals surface area contributed by atoms with Gasteiger partial charge >= 0.3 is 12.1 Å². The number of hydrogen-bond acceptors (Lipinski definition) is 4. The van der Waals surface area contributed by atoms with E-state index in [1.54, 1.807) is 6.08 Å². The number of amides is 1. The minimum atomic E-state index is -0.714. The fraction of sp³-hybridized carbons (Fsp3) is 0.739. The van der Waals surface area contributed by atoms with Crippen molar-refractivity contribution in [3.05, 3.63) is 24.8 Å². The highest BCUT2D eigenvalue weighted by molar-refractivity contribution is 5.66. The quantitative estimate of drug-likeness (QED) is 0.502. The third kappa shape index (κ3) is 4.44. The molecule has 0 bridgehead atoms. The minimum absolute atomic E-state index is 0.0453. The first-order chi connectivity index (χ1) is 12.8. The van der Waals surface area contributed by atoms with Crippen LogP contribution >= 0.6 is 0 Å². The lowest BCUT2D eigenvalue weighted by atomic mass is 9.46. The van der Waals surface area contributed by atoms with Crippen LogP contribution in [0.2, 0.25) is 0 Å². The zero-order valence-corrected chi connectivity index (χ0v) is 18.2. The van der Waals surface area contributed by atoms with E-state index in [4.69, 9.17) is 15.2 Å². The summed E-state index contributed by atoms with van der Waals surface area (Å²) in [5.41, 5.74) is 5.79. The normalized spacial score (nSPS) is 33.9. The highest BCUT2D eigenvalue weighted by Gasteiger charge is 2.57. The molecule has 0 spiro atoms. The SMILES string of the molecule is C=C[C@@](C)(CC[C@H]1C(=C)C[C@H](OC(N)=O)[C@H]2C(C)(C)CCC[C@]12C)OC(C)=O. The second-order valence-electron chi connectivity index (χ2n) is 9.87. The van der Waals surface area contributed by atoms with E-state index in [0.717, 1.165) is 31.3 Å². The first kappa shape index (κ1) is 22.5. The van der Waals surface area contributed by atoms with E-state index in [0.29, 0.717) is 12.8 Å². The second kappa shape index (κ2) is 7.92. The molecule has 2 rings (SSSR count). The predicted octanol–water partition coefficient (Wildman–Crippen LogP) is 5.15. The molecule has 0 aliphatic heterocycles. The molecule has 0 aromatic carbocycles. The average molecular weight is 392 g/mol. The summed E-state index contributed by atoms with van der Waals surface area (Å²) in [5, 5.41) is 0. The molecule has 0 aromatic rings. The maximum atomic E-state index is 11.6. The Morgan fingerprint density at radius 2 is 1.96 bits per heavy atom. The van der Waals surface area contributed by atoms with E-state index >= 15 is 0 Å². The Bertz CT molecular complexity index is 655. The van der Waals surface area contributed by atoms with E-state index in [1.807, 2.05) is 6.92 Å². The Labute approximate surface area is 169 Å². The largest absolute Gasteiger partial charge is 0.455 e. The summed E-state index contributed by atoms with van der Waals surface area (Å²) in [7, 11) is 0. The van der Waals surface area contributed by atoms with Crippen LogP contribution in [0.5, 0.6) is 0 Å². The number of nitrogens with two attached hydrogens (primary N) is 1. The topological polar surface area (TPSA) is 78.6 Å². The van der Waals surface area contributed by atoms with Gasteiger partial charge in [0, 0.05) is 19.3 Å². The van der Waals surface area contributed by atoms with Crippen molar-refractivity contribution in [2.75, 3.05) is 0 Å². The van der Waals surface area contributed by atoms with Gasteiger partial charge in [-0.1, -0.05) is 45.9 Å². The summed E-state index contributed by atoms with van der Waals surface area (Å²) >= 11 is 0. The van der Waals surface area contributed by atoms with Crippen LogP contribution in [-0.4, -0.2) is 23.8 Å². The highest BCUT2D eigenvalue weighted by atomic mass is 16.6. The third-order valence-electron chi connectivity index (χ3n) is 7.22. The Balaban J connectivity index is 2.32. The maximum absolute atomic E-state index is 11.6. The zero-order chi connectivity index (χ0) is 21.3. The molecule has 0 saturated heterocycles. The summed E-state index contributed by atoms with van der Waals surface area (Å²) in [6.07, 6.45) is 6.22. The molecule has 2 saturated carbocycles. The van der Waals surface area contributed by atoms with E-state index < -0.39 is 11.7 Å². The van der Waals surface area contributed by atoms with Crippen LogP contribution in [0.4, 0.5) is 4.79 Å². The smallest absolute Gasteiger partial charge is 0.404 e. The Morgan fingerprint density at radius 3 is 2.50 bits per heavy atom. The number of primary amides is 1. The van der Waals surface area contributed by atoms with Crippen LogP contribution in [0.1, 0.15) is 73.1 Å². The first-order valence-electron chi connectivity index (χ1n) is 10.3. The van der Waals surface area contributed by atoms with Gasteiger partial charge in [-0.3, -0.25) is 4.79 Å². The molecule has 28 heavy (non-hydrogen) atoms. The van der Waals surface area contributed by atoms with Crippen molar-refractivity contribution in [3.63, 3.8) is 0 Å². The number of ether oxygens (including phenoxy) is 2. The van der Waals surface area contributed by atoms with Gasteiger partial charge in [0.05, 0.1) is 0 Å². The number of carbonyl (C=O) groups is 2. The molecule has 2 aliphatic rings. The van der Waals surface area contributed by atoms with Crippen LogP contribution in [-0.2, 0) is 14.3 Å². The number of fused-ring (bicyclic) bond motifs is 1. The molecular formula is C23H37NO4. The molecule has 158 valence electrons. The van der Waals surface area contributed by atoms with Gasteiger partial charge in [-0.05, 0) is 55.4 Å². The van der Waals surface area contributed by atoms with Crippen molar-refractivity contribution < 1.29 is 19.1 Å². The highest BCUT2D eigenvalue weighted by Crippen LogP contribution is 2.62. The predicted molar refractivity (Wildman–Crippen MR) is 111 cm³/mol. The third-order valence-corrected chi connectivity index (χ3v) is 7.22. The fourth-order valence-corrected chi connectivity index (χ4v) is 6.18. The summed E-state index contributed by atoms with van der Waals surface area (Å²) in [5.74, 6) is 0.169. The zero-order valence-electron chi connectivity index (χ0n) is 18.2. The first-order valence-corrected chi connectivity index (χ1v) is 10.3. The van der Waals surface area contributed by atoms with Crippen molar-refractivity contribution in [3.8, 4) is 0 Å². The van der Waals surface area contributed by atoms with Gasteiger partial charge in [0.1, 0.15) is 11.7 Å². The van der Waals surface area contributed by atoms with Crippen molar-refractivity contribution in [2.24, 2.45) is 28.4 Å². The molecule has 2 N–H and O–H groups in total. The molecule has 5 atom stereocenters. The molecule has 0 aromatic heterocycles. The molecule has 0 heterocycles. The Morgan fingerprint density at radius 1 is 1.32 bits per heavy atom. The van der Waals surface area contributed by atoms with Gasteiger partial charge in [-0.25, -0.2) is 4.79 Å². The van der Waals surface area contributed by atoms with Gasteiger partial charge < -0.3 is 15.2 Å². The lowest BCUT2D eigenvalue weighted by molar-refractivity contribution is -0.152. The molecule has 0 unspecified atom stereocenters. The van der Waals surface area contributed by atoms with Crippen molar-refractivity contribution in [1.82, 2.24) is 0 Å². The fourth-order valence-electron chi connectivity index (χ4n) is 6.18. The number of esters is 1. The van der Waals surface area contributed by atoms with Crippen molar-refractivity contribution >= 4 is 12.1 Å². The molecule has 5 heteroatoms. The van der Waals surface area contributed by atoms with Crippen LogP contribution in [0.15, 0.2) is 24.8 Å². The number of carbonyl (C=O) groups excluding carboxylic acids is 2. The summed E-state index contributed by atoms with van der Waals surface area (Å²) in [4.78, 5) is 23.1. The average Bonchev–Trinajstić information content (AvgIpc) is 2.51. The molecule has 2 aliphatic carbocycles. The number of rotatable bonds is 6. The summed E-state index contributed by atoms with van der Waals surface area (Å²) in [6.45, 7) is 18.4. The molecular weight excluding hydrogens is 354 g/mol. The van der Waals surface area contributed by atoms with Crippen molar-refractivity contribution in [1.29, 1.82) is 0 Å². The van der Waals surface area contributed by atoms with Crippen LogP contribution in [0, 0.1) is 22.7 Å². The van der Waals surface area contributed by atoms with Gasteiger partial charge in [0.15, 0.2) is 0 Å². The maximum Gasteiger partial charge on any atom is 0.404 e. The van der Waals surface area contributed by atoms with Gasteiger partial charge in [0.25, 0.3) is 0 Å². The molecule has 0 radical (unpaired) electrons. The van der Waals surface area contributed by atoms with Crippen LogP contribution in [0.25, 0.3) is 0 Å². The molecule has 1 amide bonds. The Kier molecular flexibility index (Phi) is 6.37. The lowest BCUT2D eigenvalue weighted by Gasteiger charge is -2.60. The van der Waals surface area contributed by atoms with Crippen LogP contribution < -0.4 is 5.73 Å². The Hall–Kier alpha value is -1.78. The van der Waals surface area contributed by atoms with Crippen LogP contribution in [0.3, 0.4) is 0 Å². The minimum Gasteiger partial charge on any atom is -0.455 e. The summed E-state index contributed by atoms with van der Waals surface area (Å²) in [6, 6.07) is 0. The van der Waals surface area contributed by atoms with Gasteiger partial charge in [0.2, 0.25) is 0 Å². The monoisotopic (exact) mass is 391 g/mol. The van der Waals surface area contributed by atoms with E-state index in [9.17, 15) is 9.59 Å². The van der Waals surface area contributed by atoms with E-state index in [2.05, 4.69) is 33.9 Å². The summed E-state index contributed by atoms with van der Waals surface area (Å²) < 4.78 is 11.1. The van der Waals surface area contributed by atoms with E-state index in [-0.39, 0.29) is 34.7 Å². The number of hydrogen-bond donors (Lipinski definition) is 1. The standard InChI is InChI=1S/C23H37NO4/c1-8-22(6,28-16(3)25)13-10-17-15(2)14-18(27-20(24)26)19-21(4,5)11-9-12-23(17,19)7/h8,17-19H,1-2,9-14H2,3-7H3,(H2,24,26)/t17-,18-,19-,22-,23+/m0/s1. The molecule has 2 fully saturated rings. The second-order valence-corrected chi connectivity index (χ2v) is 9.87. The molecule has 5 nitrogen and oxygen atoms in total. The van der Waals surface area contributed by atoms with Gasteiger partial charge in [-0.2, -0.15) is 0 Å². The lowest BCUT2D eigenvalue weighted by Crippen LogP contribution is -2.56. The van der Waals surface area contributed by atoms with Gasteiger partial charge in [-0.15, -0.1) is 0 Å². The van der Waals surface area contributed by atoms with E-state index in [1.165, 1.54) is 6.92 Å².